The van der Waals surface area contributed by atoms with E-state index in [1.54, 1.807) is 39.8 Å². The van der Waals surface area contributed by atoms with Crippen LogP contribution in [-0.2, 0) is 6.42 Å². The first-order valence-electron chi connectivity index (χ1n) is 10.4. The van der Waals surface area contributed by atoms with Crippen molar-refractivity contribution in [2.75, 3.05) is 26.6 Å². The minimum absolute atomic E-state index is 0.546. The lowest BCUT2D eigenvalue weighted by Crippen LogP contribution is -2.06. The second-order valence-electron chi connectivity index (χ2n) is 7.38. The Morgan fingerprint density at radius 1 is 0.909 bits per heavy atom. The molecule has 0 aliphatic rings. The Morgan fingerprint density at radius 2 is 1.73 bits per heavy atom. The Balaban J connectivity index is 1.60. The summed E-state index contributed by atoms with van der Waals surface area (Å²) in [4.78, 5) is 13.4. The van der Waals surface area contributed by atoms with Crippen LogP contribution in [0.25, 0.3) is 5.69 Å². The van der Waals surface area contributed by atoms with Crippen molar-refractivity contribution < 1.29 is 14.2 Å². The lowest BCUT2D eigenvalue weighted by molar-refractivity contribution is 0.354. The lowest BCUT2D eigenvalue weighted by Gasteiger charge is -2.12. The van der Waals surface area contributed by atoms with E-state index in [4.69, 9.17) is 19.2 Å². The van der Waals surface area contributed by atoms with E-state index in [0.717, 1.165) is 28.3 Å². The highest BCUT2D eigenvalue weighted by Crippen LogP contribution is 2.29. The summed E-state index contributed by atoms with van der Waals surface area (Å²) in [5.41, 5.74) is 3.76. The minimum atomic E-state index is 0.546. The van der Waals surface area contributed by atoms with Crippen molar-refractivity contribution in [2.45, 2.75) is 20.3 Å². The molecule has 0 unspecified atom stereocenters. The Morgan fingerprint density at radius 3 is 2.42 bits per heavy atom. The average molecular weight is 447 g/mol. The molecule has 0 amide bonds. The number of rotatable bonds is 8. The SMILES string of the molecule is COc1ccc(-n2nc(C)c(C)c2Nc2ccnc(Cc3ccc(OC)c(OC)c3)n2)cn1. The summed E-state index contributed by atoms with van der Waals surface area (Å²) in [5.74, 6) is 4.07. The van der Waals surface area contributed by atoms with E-state index in [1.165, 1.54) is 0 Å². The summed E-state index contributed by atoms with van der Waals surface area (Å²) < 4.78 is 17.7. The van der Waals surface area contributed by atoms with Gasteiger partial charge in [0.15, 0.2) is 11.5 Å². The van der Waals surface area contributed by atoms with Crippen LogP contribution in [0, 0.1) is 13.8 Å². The molecule has 0 spiro atoms. The molecule has 0 bridgehead atoms. The molecular weight excluding hydrogens is 420 g/mol. The first kappa shape index (κ1) is 22.1. The van der Waals surface area contributed by atoms with Crippen LogP contribution in [0.1, 0.15) is 22.6 Å². The van der Waals surface area contributed by atoms with Gasteiger partial charge in [0.1, 0.15) is 17.5 Å². The van der Waals surface area contributed by atoms with Crippen LogP contribution in [0.2, 0.25) is 0 Å². The maximum Gasteiger partial charge on any atom is 0.213 e. The smallest absolute Gasteiger partial charge is 0.213 e. The number of ether oxygens (including phenoxy) is 3. The van der Waals surface area contributed by atoms with E-state index in [1.807, 2.05) is 48.9 Å². The van der Waals surface area contributed by atoms with Crippen molar-refractivity contribution in [1.29, 1.82) is 0 Å². The molecule has 1 aromatic carbocycles. The topological polar surface area (TPSA) is 96.2 Å². The van der Waals surface area contributed by atoms with Gasteiger partial charge in [0.2, 0.25) is 5.88 Å². The number of pyridine rings is 1. The highest BCUT2D eigenvalue weighted by Gasteiger charge is 2.15. The summed E-state index contributed by atoms with van der Waals surface area (Å²) in [6.07, 6.45) is 4.01. The summed E-state index contributed by atoms with van der Waals surface area (Å²) >= 11 is 0. The van der Waals surface area contributed by atoms with Gasteiger partial charge in [0.05, 0.1) is 38.9 Å². The van der Waals surface area contributed by atoms with Crippen molar-refractivity contribution >= 4 is 11.6 Å². The molecule has 0 radical (unpaired) electrons. The van der Waals surface area contributed by atoms with E-state index in [2.05, 4.69) is 20.4 Å². The van der Waals surface area contributed by atoms with Crippen LogP contribution >= 0.6 is 0 Å². The fraction of sp³-hybridized carbons (Fsp3) is 0.250. The normalized spacial score (nSPS) is 10.7. The molecular formula is C24H26N6O3. The van der Waals surface area contributed by atoms with Gasteiger partial charge in [-0.2, -0.15) is 5.10 Å². The lowest BCUT2D eigenvalue weighted by atomic mass is 10.1. The molecule has 4 rings (SSSR count). The molecule has 0 saturated heterocycles. The number of aryl methyl sites for hydroxylation is 1. The number of nitrogens with one attached hydrogen (secondary N) is 1. The maximum absolute atomic E-state index is 5.40. The largest absolute Gasteiger partial charge is 0.493 e. The molecule has 9 nitrogen and oxygen atoms in total. The summed E-state index contributed by atoms with van der Waals surface area (Å²) in [5, 5.41) is 8.06. The first-order chi connectivity index (χ1) is 16.0. The Bertz CT molecular complexity index is 1250. The number of hydrogen-bond acceptors (Lipinski definition) is 8. The van der Waals surface area contributed by atoms with Crippen LogP contribution in [0.4, 0.5) is 11.6 Å². The molecule has 170 valence electrons. The summed E-state index contributed by atoms with van der Waals surface area (Å²) in [6.45, 7) is 3.99. The zero-order valence-electron chi connectivity index (χ0n) is 19.3. The number of anilines is 2. The van der Waals surface area contributed by atoms with Gasteiger partial charge in [0.25, 0.3) is 0 Å². The average Bonchev–Trinajstić information content (AvgIpc) is 3.12. The third kappa shape index (κ3) is 4.72. The van der Waals surface area contributed by atoms with Gasteiger partial charge in [0, 0.05) is 24.2 Å². The van der Waals surface area contributed by atoms with Gasteiger partial charge in [-0.15, -0.1) is 0 Å². The quantitative estimate of drug-likeness (QED) is 0.433. The second-order valence-corrected chi connectivity index (χ2v) is 7.38. The zero-order chi connectivity index (χ0) is 23.4. The second kappa shape index (κ2) is 9.56. The molecule has 33 heavy (non-hydrogen) atoms. The van der Waals surface area contributed by atoms with Gasteiger partial charge in [-0.1, -0.05) is 6.07 Å². The van der Waals surface area contributed by atoms with Crippen LogP contribution < -0.4 is 19.5 Å². The van der Waals surface area contributed by atoms with Crippen molar-refractivity contribution in [3.8, 4) is 23.1 Å². The molecule has 0 atom stereocenters. The van der Waals surface area contributed by atoms with Gasteiger partial charge in [-0.25, -0.2) is 19.6 Å². The number of methoxy groups -OCH3 is 3. The molecule has 0 aliphatic heterocycles. The minimum Gasteiger partial charge on any atom is -0.493 e. The van der Waals surface area contributed by atoms with Crippen LogP contribution in [0.3, 0.4) is 0 Å². The fourth-order valence-corrected chi connectivity index (χ4v) is 3.41. The number of nitrogens with zero attached hydrogens (tertiary/aromatic N) is 5. The maximum atomic E-state index is 5.40. The molecule has 9 heteroatoms. The standard InChI is InChI=1S/C24H26N6O3/c1-15-16(2)29-30(18-7-9-23(33-5)26-14-18)24(15)28-21-10-11-25-22(27-21)13-17-6-8-19(31-3)20(12-17)32-4/h6-12,14H,13H2,1-5H3,(H,25,27,28). The van der Waals surface area contributed by atoms with E-state index < -0.39 is 0 Å². The molecule has 3 heterocycles. The van der Waals surface area contributed by atoms with Gasteiger partial charge in [-0.05, 0) is 43.7 Å². The van der Waals surface area contributed by atoms with E-state index >= 15 is 0 Å². The summed E-state index contributed by atoms with van der Waals surface area (Å²) in [6, 6.07) is 11.3. The zero-order valence-corrected chi connectivity index (χ0v) is 19.3. The third-order valence-corrected chi connectivity index (χ3v) is 5.30. The van der Waals surface area contributed by atoms with Crippen LogP contribution in [0.5, 0.6) is 17.4 Å². The van der Waals surface area contributed by atoms with E-state index in [9.17, 15) is 0 Å². The highest BCUT2D eigenvalue weighted by atomic mass is 16.5. The van der Waals surface area contributed by atoms with Gasteiger partial charge < -0.3 is 19.5 Å². The molecule has 1 N–H and O–H groups in total. The Labute approximate surface area is 192 Å². The van der Waals surface area contributed by atoms with Gasteiger partial charge in [-0.3, -0.25) is 0 Å². The predicted molar refractivity (Wildman–Crippen MR) is 125 cm³/mol. The van der Waals surface area contributed by atoms with Crippen molar-refractivity contribution in [3.05, 3.63) is 71.4 Å². The number of hydrogen-bond donors (Lipinski definition) is 1. The monoisotopic (exact) mass is 446 g/mol. The Hall–Kier alpha value is -4.14. The van der Waals surface area contributed by atoms with E-state index in [0.29, 0.717) is 35.4 Å². The number of benzene rings is 1. The number of aromatic nitrogens is 5. The van der Waals surface area contributed by atoms with Crippen LogP contribution in [-0.4, -0.2) is 46.1 Å². The van der Waals surface area contributed by atoms with Crippen molar-refractivity contribution in [2.24, 2.45) is 0 Å². The van der Waals surface area contributed by atoms with Crippen molar-refractivity contribution in [3.63, 3.8) is 0 Å². The molecule has 4 aromatic rings. The molecule has 0 fully saturated rings. The predicted octanol–water partition coefficient (Wildman–Crippen LogP) is 4.03. The molecule has 3 aromatic heterocycles. The highest BCUT2D eigenvalue weighted by molar-refractivity contribution is 5.60. The summed E-state index contributed by atoms with van der Waals surface area (Å²) in [7, 11) is 4.83. The molecule has 0 aliphatic carbocycles. The third-order valence-electron chi connectivity index (χ3n) is 5.30. The van der Waals surface area contributed by atoms with E-state index in [-0.39, 0.29) is 0 Å². The first-order valence-corrected chi connectivity index (χ1v) is 10.4. The fourth-order valence-electron chi connectivity index (χ4n) is 3.41. The molecule has 0 saturated carbocycles. The Kier molecular flexibility index (Phi) is 6.39. The van der Waals surface area contributed by atoms with Crippen molar-refractivity contribution in [1.82, 2.24) is 24.7 Å². The van der Waals surface area contributed by atoms with Gasteiger partial charge >= 0.3 is 0 Å². The van der Waals surface area contributed by atoms with Crippen LogP contribution in [0.15, 0.2) is 48.8 Å².